The lowest BCUT2D eigenvalue weighted by molar-refractivity contribution is -0.689. The highest BCUT2D eigenvalue weighted by molar-refractivity contribution is 7.12. The third-order valence-electron chi connectivity index (χ3n) is 4.24. The zero-order valence-corrected chi connectivity index (χ0v) is 16.1. The molecule has 0 saturated heterocycles. The van der Waals surface area contributed by atoms with E-state index < -0.39 is 0 Å². The molecule has 4 rings (SSSR count). The van der Waals surface area contributed by atoms with E-state index in [9.17, 15) is 4.79 Å². The molecule has 1 aliphatic heterocycles. The molecule has 1 aliphatic rings. The highest BCUT2D eigenvalue weighted by atomic mass is 79.9. The highest BCUT2D eigenvalue weighted by Gasteiger charge is 2.29. The molecule has 0 bridgehead atoms. The zero-order chi connectivity index (χ0) is 15.8. The van der Waals surface area contributed by atoms with E-state index >= 15 is 0 Å². The molecule has 3 nitrogen and oxygen atoms in total. The Bertz CT molecular complexity index is 856. The number of imidazole rings is 1. The molecule has 24 heavy (non-hydrogen) atoms. The average Bonchev–Trinajstić information content (AvgIpc) is 3.27. The second-order valence-corrected chi connectivity index (χ2v) is 7.11. The van der Waals surface area contributed by atoms with Crippen molar-refractivity contribution < 1.29 is 26.3 Å². The Kier molecular flexibility index (Phi) is 5.23. The van der Waals surface area contributed by atoms with Crippen LogP contribution in [0.1, 0.15) is 21.9 Å². The molecule has 0 N–H and O–H groups in total. The lowest BCUT2D eigenvalue weighted by Crippen LogP contribution is -3.00. The molecule has 0 atom stereocenters. The van der Waals surface area contributed by atoms with Crippen molar-refractivity contribution >= 4 is 28.7 Å². The van der Waals surface area contributed by atoms with Crippen molar-refractivity contribution in [1.82, 2.24) is 4.57 Å². The monoisotopic (exact) mass is 422 g/mol. The summed E-state index contributed by atoms with van der Waals surface area (Å²) in [6.07, 6.45) is 4.25. The molecule has 0 unspecified atom stereocenters. The summed E-state index contributed by atoms with van der Waals surface area (Å²) in [6, 6.07) is 11.7. The van der Waals surface area contributed by atoms with Crippen LogP contribution < -0.4 is 21.5 Å². The van der Waals surface area contributed by atoms with Gasteiger partial charge in [0.1, 0.15) is 6.20 Å². The first-order valence-corrected chi connectivity index (χ1v) is 8.92. The summed E-state index contributed by atoms with van der Waals surface area (Å²) in [5.41, 5.74) is 2.30. The molecule has 2 aromatic heterocycles. The van der Waals surface area contributed by atoms with Gasteiger partial charge in [0.05, 0.1) is 17.8 Å². The Morgan fingerprint density at radius 3 is 2.75 bits per heavy atom. The van der Waals surface area contributed by atoms with Crippen molar-refractivity contribution in [3.8, 4) is 11.3 Å². The summed E-state index contributed by atoms with van der Waals surface area (Å²) in [4.78, 5) is 13.3. The smallest absolute Gasteiger partial charge is 0.257 e. The number of fused-ring (bicyclic) bond motifs is 1. The number of Topliss-reactive ketones (excluding diaryl/α,β-unsaturated/α-hetero) is 1. The van der Waals surface area contributed by atoms with Gasteiger partial charge in [-0.1, -0.05) is 17.7 Å². The van der Waals surface area contributed by atoms with Gasteiger partial charge in [-0.05, 0) is 42.1 Å². The summed E-state index contributed by atoms with van der Waals surface area (Å²) in [5, 5.41) is 2.68. The van der Waals surface area contributed by atoms with Gasteiger partial charge in [0.15, 0.2) is 12.2 Å². The van der Waals surface area contributed by atoms with Crippen LogP contribution in [0.2, 0.25) is 5.02 Å². The largest absolute Gasteiger partial charge is 1.00 e. The molecule has 0 aliphatic carbocycles. The van der Waals surface area contributed by atoms with Crippen molar-refractivity contribution in [3.63, 3.8) is 0 Å². The second kappa shape index (κ2) is 7.21. The third kappa shape index (κ3) is 3.21. The van der Waals surface area contributed by atoms with Gasteiger partial charge in [0.2, 0.25) is 5.78 Å². The van der Waals surface area contributed by atoms with Crippen LogP contribution >= 0.6 is 22.9 Å². The van der Waals surface area contributed by atoms with Gasteiger partial charge in [0.25, 0.3) is 5.82 Å². The minimum absolute atomic E-state index is 0. The number of hydrogen-bond donors (Lipinski definition) is 0. The van der Waals surface area contributed by atoms with Crippen molar-refractivity contribution in [2.24, 2.45) is 0 Å². The maximum atomic E-state index is 12.4. The number of benzene rings is 1. The molecule has 0 saturated carbocycles. The molecule has 3 heterocycles. The van der Waals surface area contributed by atoms with Crippen LogP contribution in [0, 0.1) is 0 Å². The van der Waals surface area contributed by atoms with E-state index in [0.29, 0.717) is 6.54 Å². The number of nitrogens with zero attached hydrogens (tertiary/aromatic N) is 2. The van der Waals surface area contributed by atoms with Crippen LogP contribution in [-0.4, -0.2) is 10.4 Å². The molecular formula is C18H16BrClN2OS. The van der Waals surface area contributed by atoms with Crippen LogP contribution in [-0.2, 0) is 19.5 Å². The molecule has 3 aromatic rings. The number of aromatic nitrogens is 2. The molecule has 124 valence electrons. The van der Waals surface area contributed by atoms with Gasteiger partial charge >= 0.3 is 0 Å². The van der Waals surface area contributed by atoms with Gasteiger partial charge in [-0.3, -0.25) is 4.79 Å². The molecule has 6 heteroatoms. The Balaban J connectivity index is 0.00000169. The fourth-order valence-electron chi connectivity index (χ4n) is 3.17. The van der Waals surface area contributed by atoms with Crippen molar-refractivity contribution in [3.05, 3.63) is 63.7 Å². The van der Waals surface area contributed by atoms with Crippen LogP contribution in [0.15, 0.2) is 48.0 Å². The predicted octanol–water partition coefficient (Wildman–Crippen LogP) is 0.991. The number of rotatable bonds is 4. The standard InChI is InChI=1S/C18H16ClN2OS.BrH/c19-14-7-5-13(6-8-14)15-11-20(18-4-1-9-21(15)18)12-16(22)17-3-2-10-23-17;/h2-3,5-8,10-11H,1,4,9,12H2;1H/q+1;/p-1. The van der Waals surface area contributed by atoms with Gasteiger partial charge in [-0.25, -0.2) is 9.13 Å². The van der Waals surface area contributed by atoms with E-state index in [-0.39, 0.29) is 22.8 Å². The van der Waals surface area contributed by atoms with Crippen molar-refractivity contribution in [1.29, 1.82) is 0 Å². The summed E-state index contributed by atoms with van der Waals surface area (Å²) < 4.78 is 4.43. The van der Waals surface area contributed by atoms with Crippen LogP contribution in [0.5, 0.6) is 0 Å². The van der Waals surface area contributed by atoms with Gasteiger partial charge in [0, 0.05) is 10.6 Å². The van der Waals surface area contributed by atoms with Crippen molar-refractivity contribution in [2.75, 3.05) is 0 Å². The normalized spacial score (nSPS) is 12.7. The highest BCUT2D eigenvalue weighted by Crippen LogP contribution is 2.26. The maximum absolute atomic E-state index is 12.4. The Morgan fingerprint density at radius 2 is 2.04 bits per heavy atom. The summed E-state index contributed by atoms with van der Waals surface area (Å²) in [7, 11) is 0. The quantitative estimate of drug-likeness (QED) is 0.454. The number of halogens is 2. The minimum Gasteiger partial charge on any atom is -1.00 e. The first-order chi connectivity index (χ1) is 11.2. The molecule has 0 spiro atoms. The fraction of sp³-hybridized carbons (Fsp3) is 0.222. The van der Waals surface area contributed by atoms with Gasteiger partial charge in [-0.2, -0.15) is 0 Å². The SMILES string of the molecule is O=C(C[n+]1cc(-c2ccc(Cl)cc2)n2c1CCC2)c1cccs1.[Br-]. The Morgan fingerprint density at radius 1 is 1.25 bits per heavy atom. The number of carbonyl (C=O) groups is 1. The van der Waals surface area contributed by atoms with E-state index in [1.165, 1.54) is 17.2 Å². The van der Waals surface area contributed by atoms with Gasteiger partial charge in [-0.15, -0.1) is 11.3 Å². The Hall–Kier alpha value is -1.43. The summed E-state index contributed by atoms with van der Waals surface area (Å²) in [5.74, 6) is 1.41. The van der Waals surface area contributed by atoms with E-state index in [0.717, 1.165) is 40.5 Å². The molecule has 0 fully saturated rings. The van der Waals surface area contributed by atoms with Crippen LogP contribution in [0.25, 0.3) is 11.3 Å². The fourth-order valence-corrected chi connectivity index (χ4v) is 3.95. The van der Waals surface area contributed by atoms with Crippen LogP contribution in [0.3, 0.4) is 0 Å². The summed E-state index contributed by atoms with van der Waals surface area (Å²) >= 11 is 7.50. The second-order valence-electron chi connectivity index (χ2n) is 5.72. The Labute approximate surface area is 160 Å². The number of ketones is 1. The number of hydrogen-bond acceptors (Lipinski definition) is 2. The lowest BCUT2D eigenvalue weighted by Gasteiger charge is -1.98. The molecule has 0 amide bonds. The third-order valence-corrected chi connectivity index (χ3v) is 5.41. The van der Waals surface area contributed by atoms with E-state index in [1.54, 1.807) is 0 Å². The molecular weight excluding hydrogens is 408 g/mol. The van der Waals surface area contributed by atoms with E-state index in [2.05, 4.69) is 15.3 Å². The van der Waals surface area contributed by atoms with E-state index in [4.69, 9.17) is 11.6 Å². The minimum atomic E-state index is 0. The first kappa shape index (κ1) is 17.4. The maximum Gasteiger partial charge on any atom is 0.257 e. The van der Waals surface area contributed by atoms with Crippen molar-refractivity contribution in [2.45, 2.75) is 25.9 Å². The topological polar surface area (TPSA) is 25.9 Å². The first-order valence-electron chi connectivity index (χ1n) is 7.67. The van der Waals surface area contributed by atoms with Gasteiger partial charge < -0.3 is 17.0 Å². The zero-order valence-electron chi connectivity index (χ0n) is 12.9. The number of carbonyl (C=O) groups excluding carboxylic acids is 1. The average molecular weight is 424 g/mol. The van der Waals surface area contributed by atoms with Crippen LogP contribution in [0.4, 0.5) is 0 Å². The molecule has 1 aromatic carbocycles. The summed E-state index contributed by atoms with van der Waals surface area (Å²) in [6.45, 7) is 1.41. The predicted molar refractivity (Wildman–Crippen MR) is 92.0 cm³/mol. The van der Waals surface area contributed by atoms with E-state index in [1.807, 2.05) is 41.8 Å². The number of thiophene rings is 1. The molecule has 0 radical (unpaired) electrons. The lowest BCUT2D eigenvalue weighted by atomic mass is 10.1.